The summed E-state index contributed by atoms with van der Waals surface area (Å²) in [6, 6.07) is 4.16. The van der Waals surface area contributed by atoms with Crippen molar-refractivity contribution in [2.24, 2.45) is 11.1 Å². The maximum Gasteiger partial charge on any atom is 0.220 e. The Morgan fingerprint density at radius 3 is 2.79 bits per heavy atom. The third kappa shape index (κ3) is 4.32. The Hall–Kier alpha value is -0.870. The zero-order valence-corrected chi connectivity index (χ0v) is 12.3. The largest absolute Gasteiger partial charge is 0.356 e. The smallest absolute Gasteiger partial charge is 0.220 e. The normalized spacial score (nSPS) is 18.2. The third-order valence-electron chi connectivity index (χ3n) is 4.16. The molecule has 0 unspecified atom stereocenters. The number of hydrogen-bond acceptors (Lipinski definition) is 3. The number of rotatable bonds is 6. The second kappa shape index (κ2) is 7.06. The predicted molar refractivity (Wildman–Crippen MR) is 80.2 cm³/mol. The maximum absolute atomic E-state index is 12.0. The highest BCUT2D eigenvalue weighted by molar-refractivity contribution is 7.09. The van der Waals surface area contributed by atoms with Crippen LogP contribution < -0.4 is 11.1 Å². The van der Waals surface area contributed by atoms with Crippen LogP contribution >= 0.6 is 11.3 Å². The van der Waals surface area contributed by atoms with Gasteiger partial charge in [0.05, 0.1) is 0 Å². The molecule has 0 atom stereocenters. The topological polar surface area (TPSA) is 55.1 Å². The second-order valence-electron chi connectivity index (χ2n) is 5.62. The van der Waals surface area contributed by atoms with E-state index in [-0.39, 0.29) is 11.3 Å². The first-order valence-corrected chi connectivity index (χ1v) is 8.11. The summed E-state index contributed by atoms with van der Waals surface area (Å²) < 4.78 is 0. The molecule has 0 spiro atoms. The highest BCUT2D eigenvalue weighted by Gasteiger charge is 2.32. The molecule has 1 aromatic heterocycles. The van der Waals surface area contributed by atoms with Crippen LogP contribution in [0, 0.1) is 5.41 Å². The van der Waals surface area contributed by atoms with Gasteiger partial charge in [-0.3, -0.25) is 4.79 Å². The van der Waals surface area contributed by atoms with Crippen molar-refractivity contribution in [1.82, 2.24) is 5.32 Å². The van der Waals surface area contributed by atoms with Gasteiger partial charge in [-0.25, -0.2) is 0 Å². The van der Waals surface area contributed by atoms with E-state index in [0.717, 1.165) is 25.8 Å². The lowest BCUT2D eigenvalue weighted by molar-refractivity contribution is -0.123. The molecule has 1 aromatic rings. The van der Waals surface area contributed by atoms with Crippen LogP contribution in [-0.2, 0) is 11.2 Å². The maximum atomic E-state index is 12.0. The predicted octanol–water partition coefficient (Wildman–Crippen LogP) is 2.71. The Balaban J connectivity index is 1.73. The minimum atomic E-state index is 0.0747. The fourth-order valence-electron chi connectivity index (χ4n) is 2.94. The first-order valence-electron chi connectivity index (χ1n) is 7.23. The average Bonchev–Trinajstić information content (AvgIpc) is 2.93. The summed E-state index contributed by atoms with van der Waals surface area (Å²) in [6.07, 6.45) is 7.50. The van der Waals surface area contributed by atoms with Crippen molar-refractivity contribution < 1.29 is 4.79 Å². The SMILES string of the molecule is NCC1(CC(=O)NCCc2cccs2)CCCCC1. The summed E-state index contributed by atoms with van der Waals surface area (Å²) in [7, 11) is 0. The molecular weight excluding hydrogens is 256 g/mol. The van der Waals surface area contributed by atoms with Crippen molar-refractivity contribution in [3.8, 4) is 0 Å². The van der Waals surface area contributed by atoms with E-state index in [1.54, 1.807) is 11.3 Å². The van der Waals surface area contributed by atoms with Gasteiger partial charge < -0.3 is 11.1 Å². The van der Waals surface area contributed by atoms with Crippen molar-refractivity contribution in [3.63, 3.8) is 0 Å². The molecule has 1 amide bonds. The van der Waals surface area contributed by atoms with Crippen molar-refractivity contribution >= 4 is 17.2 Å². The molecule has 4 heteroatoms. The molecule has 0 radical (unpaired) electrons. The van der Waals surface area contributed by atoms with Crippen molar-refractivity contribution in [2.75, 3.05) is 13.1 Å². The molecule has 1 fully saturated rings. The van der Waals surface area contributed by atoms with Crippen LogP contribution in [0.15, 0.2) is 17.5 Å². The van der Waals surface area contributed by atoms with Crippen LogP contribution in [0.25, 0.3) is 0 Å². The van der Waals surface area contributed by atoms with Gasteiger partial charge in [-0.15, -0.1) is 11.3 Å². The minimum Gasteiger partial charge on any atom is -0.356 e. The molecule has 2 rings (SSSR count). The Morgan fingerprint density at radius 2 is 2.16 bits per heavy atom. The third-order valence-corrected chi connectivity index (χ3v) is 5.09. The van der Waals surface area contributed by atoms with Crippen molar-refractivity contribution in [3.05, 3.63) is 22.4 Å². The quantitative estimate of drug-likeness (QED) is 0.842. The molecule has 0 aromatic carbocycles. The summed E-state index contributed by atoms with van der Waals surface area (Å²) in [4.78, 5) is 13.4. The number of hydrogen-bond donors (Lipinski definition) is 2. The lowest BCUT2D eigenvalue weighted by Crippen LogP contribution is -2.39. The molecule has 1 saturated carbocycles. The van der Waals surface area contributed by atoms with Gasteiger partial charge in [0, 0.05) is 17.8 Å². The van der Waals surface area contributed by atoms with Gasteiger partial charge in [0.15, 0.2) is 0 Å². The van der Waals surface area contributed by atoms with Crippen LogP contribution in [0.3, 0.4) is 0 Å². The lowest BCUT2D eigenvalue weighted by atomic mass is 9.71. The van der Waals surface area contributed by atoms with Gasteiger partial charge >= 0.3 is 0 Å². The van der Waals surface area contributed by atoms with Gasteiger partial charge in [-0.05, 0) is 42.7 Å². The molecule has 19 heavy (non-hydrogen) atoms. The Kier molecular flexibility index (Phi) is 5.40. The highest BCUT2D eigenvalue weighted by atomic mass is 32.1. The first-order chi connectivity index (χ1) is 9.24. The van der Waals surface area contributed by atoms with E-state index in [1.165, 1.54) is 24.1 Å². The molecule has 3 N–H and O–H groups in total. The van der Waals surface area contributed by atoms with Crippen LogP contribution in [0.2, 0.25) is 0 Å². The van der Waals surface area contributed by atoms with E-state index in [1.807, 2.05) is 6.07 Å². The highest BCUT2D eigenvalue weighted by Crippen LogP contribution is 2.38. The molecule has 106 valence electrons. The summed E-state index contributed by atoms with van der Waals surface area (Å²) >= 11 is 1.74. The van der Waals surface area contributed by atoms with Crippen molar-refractivity contribution in [1.29, 1.82) is 0 Å². The van der Waals surface area contributed by atoms with E-state index < -0.39 is 0 Å². The molecular formula is C15H24N2OS. The van der Waals surface area contributed by atoms with Gasteiger partial charge in [-0.2, -0.15) is 0 Å². The van der Waals surface area contributed by atoms with E-state index in [9.17, 15) is 4.79 Å². The van der Waals surface area contributed by atoms with E-state index in [4.69, 9.17) is 5.73 Å². The fraction of sp³-hybridized carbons (Fsp3) is 0.667. The fourth-order valence-corrected chi connectivity index (χ4v) is 3.65. The van der Waals surface area contributed by atoms with E-state index in [2.05, 4.69) is 16.8 Å². The van der Waals surface area contributed by atoms with Crippen LogP contribution in [0.5, 0.6) is 0 Å². The van der Waals surface area contributed by atoms with E-state index in [0.29, 0.717) is 13.0 Å². The Bertz CT molecular complexity index is 383. The number of nitrogens with two attached hydrogens (primary N) is 1. The van der Waals surface area contributed by atoms with Gasteiger partial charge in [0.25, 0.3) is 0 Å². The first kappa shape index (κ1) is 14.5. The molecule has 0 saturated heterocycles. The molecule has 0 aliphatic heterocycles. The second-order valence-corrected chi connectivity index (χ2v) is 6.65. The van der Waals surface area contributed by atoms with Crippen molar-refractivity contribution in [2.45, 2.75) is 44.9 Å². The van der Waals surface area contributed by atoms with Gasteiger partial charge in [0.2, 0.25) is 5.91 Å². The number of nitrogens with one attached hydrogen (secondary N) is 1. The van der Waals surface area contributed by atoms with Crippen LogP contribution in [-0.4, -0.2) is 19.0 Å². The zero-order valence-electron chi connectivity index (χ0n) is 11.5. The van der Waals surface area contributed by atoms with E-state index >= 15 is 0 Å². The Morgan fingerprint density at radius 1 is 1.37 bits per heavy atom. The number of thiophene rings is 1. The Labute approximate surface area is 119 Å². The summed E-state index contributed by atoms with van der Waals surface area (Å²) in [5.41, 5.74) is 5.99. The standard InChI is InChI=1S/C15H24N2OS/c16-12-15(7-2-1-3-8-15)11-14(18)17-9-6-13-5-4-10-19-13/h4-5,10H,1-3,6-9,11-12,16H2,(H,17,18). The van der Waals surface area contributed by atoms with Gasteiger partial charge in [0.1, 0.15) is 0 Å². The number of carbonyl (C=O) groups excluding carboxylic acids is 1. The molecule has 0 bridgehead atoms. The number of amides is 1. The van der Waals surface area contributed by atoms with Gasteiger partial charge in [-0.1, -0.05) is 25.3 Å². The lowest BCUT2D eigenvalue weighted by Gasteiger charge is -2.35. The number of carbonyl (C=O) groups is 1. The summed E-state index contributed by atoms with van der Waals surface area (Å²) in [6.45, 7) is 1.38. The summed E-state index contributed by atoms with van der Waals surface area (Å²) in [5, 5.41) is 5.11. The molecule has 3 nitrogen and oxygen atoms in total. The van der Waals surface area contributed by atoms with Crippen LogP contribution in [0.1, 0.15) is 43.4 Å². The summed E-state index contributed by atoms with van der Waals surface area (Å²) in [5.74, 6) is 0.170. The minimum absolute atomic E-state index is 0.0747. The average molecular weight is 280 g/mol. The molecule has 1 aliphatic rings. The van der Waals surface area contributed by atoms with Crippen LogP contribution in [0.4, 0.5) is 0 Å². The molecule has 1 heterocycles. The monoisotopic (exact) mass is 280 g/mol. The zero-order chi connectivity index (χ0) is 13.6. The molecule has 1 aliphatic carbocycles.